The minimum Gasteiger partial charge on any atom is -0.481 e. The minimum atomic E-state index is -0.630. The van der Waals surface area contributed by atoms with Crippen LogP contribution in [0, 0.1) is 11.3 Å². The standard InChI is InChI=1S/C19H24N2O4/c22-17(23)19-10-15(11-19)16(12-19)20-6-8-21(9-7-20)18(24)25-13-14-4-2-1-3-5-14/h1-5,15-16H,6-13H2,(H,22,23). The molecule has 25 heavy (non-hydrogen) atoms. The number of hydrogen-bond acceptors (Lipinski definition) is 4. The Balaban J connectivity index is 1.25. The van der Waals surface area contributed by atoms with Crippen LogP contribution >= 0.6 is 0 Å². The average molecular weight is 344 g/mol. The normalized spacial score (nSPS) is 31.4. The SMILES string of the molecule is O=C(OCc1ccccc1)N1CCN(C2CC3(C(=O)O)CC2C3)CC1. The van der Waals surface area contributed by atoms with Crippen LogP contribution in [0.1, 0.15) is 24.8 Å². The minimum absolute atomic E-state index is 0.263. The van der Waals surface area contributed by atoms with E-state index in [0.29, 0.717) is 31.7 Å². The summed E-state index contributed by atoms with van der Waals surface area (Å²) in [7, 11) is 0. The molecule has 2 bridgehead atoms. The van der Waals surface area contributed by atoms with Crippen LogP contribution < -0.4 is 0 Å². The number of carboxylic acids is 1. The number of carbonyl (C=O) groups excluding carboxylic acids is 1. The smallest absolute Gasteiger partial charge is 0.410 e. The summed E-state index contributed by atoms with van der Waals surface area (Å²) in [6, 6.07) is 10.0. The predicted octanol–water partition coefficient (Wildman–Crippen LogP) is 2.19. The van der Waals surface area contributed by atoms with Crippen molar-refractivity contribution in [2.75, 3.05) is 26.2 Å². The van der Waals surface area contributed by atoms with Gasteiger partial charge in [0.2, 0.25) is 0 Å². The van der Waals surface area contributed by atoms with Gasteiger partial charge < -0.3 is 14.7 Å². The van der Waals surface area contributed by atoms with E-state index in [1.807, 2.05) is 30.3 Å². The number of rotatable bonds is 4. The molecule has 0 aromatic heterocycles. The second kappa shape index (κ2) is 6.33. The number of aliphatic carboxylic acids is 1. The summed E-state index contributed by atoms with van der Waals surface area (Å²) in [6.45, 7) is 3.20. The van der Waals surface area contributed by atoms with Crippen molar-refractivity contribution >= 4 is 12.1 Å². The van der Waals surface area contributed by atoms with Crippen LogP contribution in [0.3, 0.4) is 0 Å². The molecule has 6 nitrogen and oxygen atoms in total. The second-order valence-corrected chi connectivity index (χ2v) is 7.59. The first-order valence-corrected chi connectivity index (χ1v) is 9.00. The average Bonchev–Trinajstić information content (AvgIpc) is 3.18. The van der Waals surface area contributed by atoms with Crippen molar-refractivity contribution in [3.63, 3.8) is 0 Å². The lowest BCUT2D eigenvalue weighted by Crippen LogP contribution is -2.52. The number of hydrogen-bond donors (Lipinski definition) is 1. The molecule has 1 heterocycles. The van der Waals surface area contributed by atoms with Gasteiger partial charge >= 0.3 is 12.1 Å². The molecular weight excluding hydrogens is 320 g/mol. The highest BCUT2D eigenvalue weighted by Crippen LogP contribution is 2.60. The molecule has 3 aliphatic carbocycles. The van der Waals surface area contributed by atoms with Crippen molar-refractivity contribution in [3.8, 4) is 0 Å². The Morgan fingerprint density at radius 3 is 2.36 bits per heavy atom. The van der Waals surface area contributed by atoms with Crippen molar-refractivity contribution in [2.45, 2.75) is 31.9 Å². The van der Waals surface area contributed by atoms with E-state index in [1.165, 1.54) is 0 Å². The fourth-order valence-electron chi connectivity index (χ4n) is 4.69. The number of ether oxygens (including phenoxy) is 1. The Hall–Kier alpha value is -2.08. The lowest BCUT2D eigenvalue weighted by Gasteiger charge is -2.39. The van der Waals surface area contributed by atoms with E-state index in [9.17, 15) is 14.7 Å². The molecule has 134 valence electrons. The van der Waals surface area contributed by atoms with Crippen LogP contribution in [0.15, 0.2) is 30.3 Å². The number of carboxylic acid groups (broad SMARTS) is 1. The van der Waals surface area contributed by atoms with Gasteiger partial charge in [0.1, 0.15) is 6.61 Å². The summed E-state index contributed by atoms with van der Waals surface area (Å²) in [5.74, 6) is -0.109. The molecule has 4 aliphatic rings. The van der Waals surface area contributed by atoms with Gasteiger partial charge in [-0.15, -0.1) is 0 Å². The maximum absolute atomic E-state index is 12.2. The van der Waals surface area contributed by atoms with Gasteiger partial charge in [-0.25, -0.2) is 4.79 Å². The molecule has 4 fully saturated rings. The fourth-order valence-corrected chi connectivity index (χ4v) is 4.69. The zero-order chi connectivity index (χ0) is 17.4. The number of piperazine rings is 1. The molecule has 1 aromatic rings. The van der Waals surface area contributed by atoms with E-state index in [-0.39, 0.29) is 6.09 Å². The number of carbonyl (C=O) groups is 2. The number of amides is 1. The van der Waals surface area contributed by atoms with Gasteiger partial charge in [-0.2, -0.15) is 0 Å². The topological polar surface area (TPSA) is 70.1 Å². The molecule has 1 aliphatic heterocycles. The summed E-state index contributed by atoms with van der Waals surface area (Å²) >= 11 is 0. The molecule has 1 aromatic carbocycles. The van der Waals surface area contributed by atoms with Gasteiger partial charge in [0.05, 0.1) is 5.41 Å². The highest BCUT2D eigenvalue weighted by Gasteiger charge is 2.61. The lowest BCUT2D eigenvalue weighted by atomic mass is 9.70. The zero-order valence-corrected chi connectivity index (χ0v) is 14.3. The third-order valence-electron chi connectivity index (χ3n) is 6.15. The summed E-state index contributed by atoms with van der Waals surface area (Å²) in [6.07, 6.45) is 2.16. The fraction of sp³-hybridized carbons (Fsp3) is 0.579. The van der Waals surface area contributed by atoms with Crippen LogP contribution in [-0.2, 0) is 16.1 Å². The molecule has 1 unspecified atom stereocenters. The van der Waals surface area contributed by atoms with Crippen molar-refractivity contribution < 1.29 is 19.4 Å². The third-order valence-corrected chi connectivity index (χ3v) is 6.15. The number of benzene rings is 1. The molecule has 1 saturated heterocycles. The van der Waals surface area contributed by atoms with Crippen molar-refractivity contribution in [1.29, 1.82) is 0 Å². The molecule has 0 spiro atoms. The van der Waals surface area contributed by atoms with Gasteiger partial charge in [-0.3, -0.25) is 9.69 Å². The quantitative estimate of drug-likeness (QED) is 0.907. The Kier molecular flexibility index (Phi) is 4.15. The largest absolute Gasteiger partial charge is 0.481 e. The molecule has 5 rings (SSSR count). The molecule has 1 atom stereocenters. The van der Waals surface area contributed by atoms with Gasteiger partial charge in [0, 0.05) is 32.2 Å². The van der Waals surface area contributed by atoms with Gasteiger partial charge in [-0.05, 0) is 30.7 Å². The first-order valence-electron chi connectivity index (χ1n) is 9.00. The van der Waals surface area contributed by atoms with E-state index in [2.05, 4.69) is 4.90 Å². The Bertz CT molecular complexity index is 649. The highest BCUT2D eigenvalue weighted by molar-refractivity contribution is 5.77. The Morgan fingerprint density at radius 2 is 1.76 bits per heavy atom. The first kappa shape index (κ1) is 16.4. The molecule has 1 amide bonds. The second-order valence-electron chi connectivity index (χ2n) is 7.59. The number of nitrogens with zero attached hydrogens (tertiary/aromatic N) is 2. The summed E-state index contributed by atoms with van der Waals surface area (Å²) < 4.78 is 5.40. The zero-order valence-electron chi connectivity index (χ0n) is 14.3. The van der Waals surface area contributed by atoms with Crippen LogP contribution in [0.5, 0.6) is 0 Å². The Morgan fingerprint density at radius 1 is 1.08 bits per heavy atom. The van der Waals surface area contributed by atoms with Crippen molar-refractivity contribution in [3.05, 3.63) is 35.9 Å². The molecule has 3 saturated carbocycles. The van der Waals surface area contributed by atoms with Crippen LogP contribution in [0.25, 0.3) is 0 Å². The Labute approximate surface area is 147 Å². The monoisotopic (exact) mass is 344 g/mol. The highest BCUT2D eigenvalue weighted by atomic mass is 16.6. The predicted molar refractivity (Wildman–Crippen MR) is 91.0 cm³/mol. The molecular formula is C19H24N2O4. The summed E-state index contributed by atoms with van der Waals surface area (Å²) in [5, 5.41) is 9.41. The van der Waals surface area contributed by atoms with Gasteiger partial charge in [-0.1, -0.05) is 30.3 Å². The molecule has 1 N–H and O–H groups in total. The summed E-state index contributed by atoms with van der Waals surface area (Å²) in [4.78, 5) is 27.8. The van der Waals surface area contributed by atoms with Gasteiger partial charge in [0.15, 0.2) is 0 Å². The van der Waals surface area contributed by atoms with E-state index in [4.69, 9.17) is 4.74 Å². The first-order chi connectivity index (χ1) is 12.1. The van der Waals surface area contributed by atoms with Crippen LogP contribution in [-0.4, -0.2) is 59.2 Å². The van der Waals surface area contributed by atoms with Gasteiger partial charge in [0.25, 0.3) is 0 Å². The molecule has 6 heteroatoms. The molecule has 0 radical (unpaired) electrons. The maximum Gasteiger partial charge on any atom is 0.410 e. The van der Waals surface area contributed by atoms with E-state index in [1.54, 1.807) is 4.90 Å². The third kappa shape index (κ3) is 2.99. The maximum atomic E-state index is 12.2. The van der Waals surface area contributed by atoms with Crippen molar-refractivity contribution in [1.82, 2.24) is 9.80 Å². The summed E-state index contributed by atoms with van der Waals surface area (Å²) in [5.41, 5.74) is 0.528. The van der Waals surface area contributed by atoms with Crippen LogP contribution in [0.2, 0.25) is 0 Å². The van der Waals surface area contributed by atoms with E-state index in [0.717, 1.165) is 37.9 Å². The van der Waals surface area contributed by atoms with E-state index < -0.39 is 11.4 Å². The lowest BCUT2D eigenvalue weighted by molar-refractivity contribution is -0.153. The number of fused-ring (bicyclic) bond motifs is 1. The van der Waals surface area contributed by atoms with Crippen LogP contribution in [0.4, 0.5) is 4.79 Å². The van der Waals surface area contributed by atoms with Crippen molar-refractivity contribution in [2.24, 2.45) is 11.3 Å². The van der Waals surface area contributed by atoms with E-state index >= 15 is 0 Å².